The monoisotopic (exact) mass is 699 g/mol. The zero-order chi connectivity index (χ0) is 36.0. The van der Waals surface area contributed by atoms with E-state index in [1.807, 2.05) is 13.8 Å². The number of alkyl carbamates (subject to hydrolysis) is 2. The number of rotatable bonds is 29. The van der Waals surface area contributed by atoms with Gasteiger partial charge in [-0.1, -0.05) is 47.0 Å². The van der Waals surface area contributed by atoms with E-state index in [4.69, 9.17) is 18.9 Å². The number of ether oxygens (including phenoxy) is 4. The van der Waals surface area contributed by atoms with Crippen molar-refractivity contribution in [2.75, 3.05) is 65.6 Å². The molecule has 2 amide bonds. The van der Waals surface area contributed by atoms with Crippen LogP contribution >= 0.6 is 0 Å². The zero-order valence-electron chi connectivity index (χ0n) is 31.4. The van der Waals surface area contributed by atoms with Gasteiger partial charge in [-0.3, -0.25) is 9.59 Å². The smallest absolute Gasteiger partial charge is 0.407 e. The number of carbonyl (C=O) groups excluding carboxylic acids is 4. The number of hydrogen-bond donors (Lipinski definition) is 2. The summed E-state index contributed by atoms with van der Waals surface area (Å²) in [5, 5.41) is 5.60. The Kier molecular flexibility index (Phi) is 27.4. The molecule has 0 aromatic rings. The van der Waals surface area contributed by atoms with E-state index in [9.17, 15) is 19.2 Å². The Hall–Kier alpha value is -2.60. The van der Waals surface area contributed by atoms with Crippen LogP contribution in [-0.4, -0.2) is 112 Å². The van der Waals surface area contributed by atoms with Crippen molar-refractivity contribution < 1.29 is 38.1 Å². The van der Waals surface area contributed by atoms with Crippen molar-refractivity contribution >= 4 is 24.1 Å². The molecule has 12 nitrogen and oxygen atoms in total. The second kappa shape index (κ2) is 30.2. The molecular weight excluding hydrogens is 628 g/mol. The third-order valence-electron chi connectivity index (χ3n) is 8.83. The number of esters is 2. The van der Waals surface area contributed by atoms with Crippen molar-refractivity contribution in [2.24, 2.45) is 0 Å². The molecule has 49 heavy (non-hydrogen) atoms. The largest absolute Gasteiger partial charge is 0.466 e. The Morgan fingerprint density at radius 1 is 0.633 bits per heavy atom. The number of nitrogens with zero attached hydrogens (tertiary/aromatic N) is 2. The minimum atomic E-state index is -0.363. The molecule has 12 heteroatoms. The van der Waals surface area contributed by atoms with Crippen LogP contribution in [0.4, 0.5) is 9.59 Å². The molecule has 2 unspecified atom stereocenters. The molecule has 1 saturated heterocycles. The van der Waals surface area contributed by atoms with Crippen LogP contribution in [0, 0.1) is 0 Å². The summed E-state index contributed by atoms with van der Waals surface area (Å²) in [7, 11) is 0. The molecular formula is C37H70N4O8. The Morgan fingerprint density at radius 2 is 1.10 bits per heavy atom. The van der Waals surface area contributed by atoms with Gasteiger partial charge in [0.2, 0.25) is 0 Å². The highest BCUT2D eigenvalue weighted by Gasteiger charge is 2.16. The van der Waals surface area contributed by atoms with E-state index in [0.29, 0.717) is 39.4 Å². The van der Waals surface area contributed by atoms with Crippen LogP contribution in [0.1, 0.15) is 137 Å². The minimum Gasteiger partial charge on any atom is -0.466 e. The summed E-state index contributed by atoms with van der Waals surface area (Å²) in [6.45, 7) is 15.0. The Balaban J connectivity index is 2.25. The fourth-order valence-corrected chi connectivity index (χ4v) is 5.73. The Labute approximate surface area is 297 Å². The van der Waals surface area contributed by atoms with E-state index in [-0.39, 0.29) is 49.2 Å². The molecule has 1 aliphatic heterocycles. The van der Waals surface area contributed by atoms with Crippen molar-refractivity contribution in [3.8, 4) is 0 Å². The van der Waals surface area contributed by atoms with E-state index in [0.717, 1.165) is 103 Å². The Morgan fingerprint density at radius 3 is 1.53 bits per heavy atom. The molecule has 2 atom stereocenters. The lowest BCUT2D eigenvalue weighted by Crippen LogP contribution is -2.39. The summed E-state index contributed by atoms with van der Waals surface area (Å²) in [4.78, 5) is 53.4. The topological polar surface area (TPSA) is 136 Å². The fraction of sp³-hybridized carbons (Fsp3) is 0.892. The van der Waals surface area contributed by atoms with Crippen LogP contribution in [0.3, 0.4) is 0 Å². The first-order valence-electron chi connectivity index (χ1n) is 19.5. The molecule has 1 heterocycles. The van der Waals surface area contributed by atoms with Crippen molar-refractivity contribution in [2.45, 2.75) is 149 Å². The molecule has 0 radical (unpaired) electrons. The van der Waals surface area contributed by atoms with Crippen molar-refractivity contribution in [1.82, 2.24) is 20.4 Å². The summed E-state index contributed by atoms with van der Waals surface area (Å²) in [5.74, 6) is -0.467. The van der Waals surface area contributed by atoms with Crippen molar-refractivity contribution in [1.29, 1.82) is 0 Å². The Bertz CT molecular complexity index is 813. The van der Waals surface area contributed by atoms with Gasteiger partial charge in [0.25, 0.3) is 0 Å². The molecule has 0 saturated carbocycles. The third-order valence-corrected chi connectivity index (χ3v) is 8.83. The van der Waals surface area contributed by atoms with E-state index >= 15 is 0 Å². The lowest BCUT2D eigenvalue weighted by molar-refractivity contribution is -0.144. The maximum absolute atomic E-state index is 12.5. The number of likely N-dealkylation sites (tertiary alicyclic amines) is 1. The van der Waals surface area contributed by atoms with Gasteiger partial charge in [-0.2, -0.15) is 0 Å². The molecule has 286 valence electrons. The minimum absolute atomic E-state index is 0.0297. The normalized spacial score (nSPS) is 14.6. The summed E-state index contributed by atoms with van der Waals surface area (Å²) in [6, 6.07) is 0. The fourth-order valence-electron chi connectivity index (χ4n) is 5.73. The predicted molar refractivity (Wildman–Crippen MR) is 193 cm³/mol. The first kappa shape index (κ1) is 44.4. The highest BCUT2D eigenvalue weighted by molar-refractivity contribution is 5.70. The molecule has 1 fully saturated rings. The summed E-state index contributed by atoms with van der Waals surface area (Å²) in [5.41, 5.74) is 0. The average molecular weight is 699 g/mol. The number of nitrogens with one attached hydrogen (secondary N) is 2. The van der Waals surface area contributed by atoms with Gasteiger partial charge in [-0.15, -0.1) is 0 Å². The van der Waals surface area contributed by atoms with Gasteiger partial charge in [0.05, 0.1) is 26.1 Å². The molecule has 0 bridgehead atoms. The highest BCUT2D eigenvalue weighted by Crippen LogP contribution is 2.10. The summed E-state index contributed by atoms with van der Waals surface area (Å²) < 4.78 is 21.8. The second-order valence-corrected chi connectivity index (χ2v) is 13.1. The average Bonchev–Trinajstić information content (AvgIpc) is 3.10. The second-order valence-electron chi connectivity index (χ2n) is 13.1. The molecule has 2 N–H and O–H groups in total. The summed E-state index contributed by atoms with van der Waals surface area (Å²) in [6.07, 6.45) is 13.6. The lowest BCUT2D eigenvalue weighted by Gasteiger charge is -2.29. The standard InChI is InChI=1S/C37H70N4O8/c1-5-18-32(7-3)48-36(44)38-22-12-9-16-30-46-34(42)20-26-41(29-28-40-24-14-11-15-25-40)27-21-35(43)47-31-17-10-13-23-39-37(45)49-33(8-4)19-6-2/h32-33H,5-31H2,1-4H3,(H,38,44)(H,39,45). The van der Waals surface area contributed by atoms with E-state index < -0.39 is 0 Å². The molecule has 0 aromatic carbocycles. The first-order chi connectivity index (χ1) is 23.8. The molecule has 0 spiro atoms. The van der Waals surface area contributed by atoms with Crippen LogP contribution in [-0.2, 0) is 28.5 Å². The number of hydrogen-bond acceptors (Lipinski definition) is 10. The van der Waals surface area contributed by atoms with Crippen molar-refractivity contribution in [3.05, 3.63) is 0 Å². The van der Waals surface area contributed by atoms with Gasteiger partial charge in [0, 0.05) is 39.3 Å². The lowest BCUT2D eigenvalue weighted by atomic mass is 10.1. The van der Waals surface area contributed by atoms with Crippen LogP contribution in [0.15, 0.2) is 0 Å². The molecule has 1 rings (SSSR count). The summed E-state index contributed by atoms with van der Waals surface area (Å²) >= 11 is 0. The number of piperidine rings is 1. The van der Waals surface area contributed by atoms with Crippen LogP contribution in [0.2, 0.25) is 0 Å². The van der Waals surface area contributed by atoms with E-state index in [2.05, 4.69) is 34.3 Å². The van der Waals surface area contributed by atoms with Gasteiger partial charge >= 0.3 is 24.1 Å². The number of unbranched alkanes of at least 4 members (excludes halogenated alkanes) is 4. The van der Waals surface area contributed by atoms with E-state index in [1.165, 1.54) is 19.3 Å². The van der Waals surface area contributed by atoms with Gasteiger partial charge in [0.1, 0.15) is 12.2 Å². The predicted octanol–water partition coefficient (Wildman–Crippen LogP) is 6.59. The van der Waals surface area contributed by atoms with Gasteiger partial charge in [0.15, 0.2) is 0 Å². The zero-order valence-corrected chi connectivity index (χ0v) is 31.4. The first-order valence-corrected chi connectivity index (χ1v) is 19.5. The maximum Gasteiger partial charge on any atom is 0.407 e. The van der Waals surface area contributed by atoms with E-state index in [1.54, 1.807) is 0 Å². The van der Waals surface area contributed by atoms with Gasteiger partial charge in [-0.25, -0.2) is 9.59 Å². The van der Waals surface area contributed by atoms with Crippen LogP contribution in [0.5, 0.6) is 0 Å². The SMILES string of the molecule is CCCC(CC)OC(=O)NCCCCCOC(=O)CCN(CCC(=O)OCCCCCNC(=O)OC(CC)CCC)CCN1CCCCC1. The molecule has 0 aliphatic carbocycles. The maximum atomic E-state index is 12.5. The quantitative estimate of drug-likeness (QED) is 0.0500. The highest BCUT2D eigenvalue weighted by atomic mass is 16.6. The number of amides is 2. The molecule has 1 aliphatic rings. The van der Waals surface area contributed by atoms with Crippen LogP contribution < -0.4 is 10.6 Å². The third kappa shape index (κ3) is 25.1. The van der Waals surface area contributed by atoms with Gasteiger partial charge < -0.3 is 39.4 Å². The van der Waals surface area contributed by atoms with Crippen molar-refractivity contribution in [3.63, 3.8) is 0 Å². The number of carbonyl (C=O) groups is 4. The molecule has 0 aromatic heterocycles. The van der Waals surface area contributed by atoms with Crippen LogP contribution in [0.25, 0.3) is 0 Å². The van der Waals surface area contributed by atoms with Gasteiger partial charge in [-0.05, 0) is 90.1 Å².